The highest BCUT2D eigenvalue weighted by atomic mass is 16.5. The van der Waals surface area contributed by atoms with E-state index in [0.717, 1.165) is 6.42 Å². The molecule has 0 aliphatic rings. The standard InChI is InChI=1S/C8H16N2O4/c1-2-3-9-8(13)10-4-5-14-6-7(11)12/h2-6H2,1H3,(H,11,12)(H2,9,10,13). The summed E-state index contributed by atoms with van der Waals surface area (Å²) in [6.07, 6.45) is 0.878. The van der Waals surface area contributed by atoms with Crippen molar-refractivity contribution in [3.8, 4) is 0 Å². The van der Waals surface area contributed by atoms with Gasteiger partial charge in [0.05, 0.1) is 6.61 Å². The fraction of sp³-hybridized carbons (Fsp3) is 0.750. The Hall–Kier alpha value is -1.30. The summed E-state index contributed by atoms with van der Waals surface area (Å²) in [6.45, 7) is 2.75. The van der Waals surface area contributed by atoms with Gasteiger partial charge in [0.15, 0.2) is 0 Å². The van der Waals surface area contributed by atoms with Crippen molar-refractivity contribution in [3.63, 3.8) is 0 Å². The Morgan fingerprint density at radius 1 is 1.29 bits per heavy atom. The summed E-state index contributed by atoms with van der Waals surface area (Å²) >= 11 is 0. The van der Waals surface area contributed by atoms with E-state index >= 15 is 0 Å². The van der Waals surface area contributed by atoms with Crippen LogP contribution in [0.15, 0.2) is 0 Å². The molecule has 0 aliphatic heterocycles. The van der Waals surface area contributed by atoms with Crippen LogP contribution in [-0.4, -0.2) is 43.4 Å². The third-order valence-electron chi connectivity index (χ3n) is 1.29. The Morgan fingerprint density at radius 2 is 1.93 bits per heavy atom. The zero-order valence-electron chi connectivity index (χ0n) is 8.21. The molecule has 82 valence electrons. The topological polar surface area (TPSA) is 87.7 Å². The van der Waals surface area contributed by atoms with Crippen LogP contribution in [0.25, 0.3) is 0 Å². The van der Waals surface area contributed by atoms with Crippen LogP contribution in [0.5, 0.6) is 0 Å². The minimum atomic E-state index is -1.01. The van der Waals surface area contributed by atoms with E-state index in [1.807, 2.05) is 6.92 Å². The van der Waals surface area contributed by atoms with E-state index in [0.29, 0.717) is 13.1 Å². The zero-order chi connectivity index (χ0) is 10.8. The van der Waals surface area contributed by atoms with E-state index in [9.17, 15) is 9.59 Å². The molecule has 0 aromatic heterocycles. The van der Waals surface area contributed by atoms with Crippen molar-refractivity contribution in [1.29, 1.82) is 0 Å². The maximum absolute atomic E-state index is 10.9. The Labute approximate surface area is 82.6 Å². The van der Waals surface area contributed by atoms with Crippen molar-refractivity contribution in [2.75, 3.05) is 26.3 Å². The molecule has 0 spiro atoms. The molecule has 0 saturated carbocycles. The number of nitrogens with one attached hydrogen (secondary N) is 2. The number of carboxylic acid groups (broad SMARTS) is 1. The van der Waals surface area contributed by atoms with Crippen LogP contribution in [0.1, 0.15) is 13.3 Å². The predicted molar refractivity (Wildman–Crippen MR) is 50.1 cm³/mol. The zero-order valence-corrected chi connectivity index (χ0v) is 8.21. The van der Waals surface area contributed by atoms with Crippen LogP contribution in [0.3, 0.4) is 0 Å². The van der Waals surface area contributed by atoms with Gasteiger partial charge in [0.1, 0.15) is 6.61 Å². The highest BCUT2D eigenvalue weighted by molar-refractivity contribution is 5.73. The van der Waals surface area contributed by atoms with E-state index < -0.39 is 5.97 Å². The quantitative estimate of drug-likeness (QED) is 0.501. The molecule has 0 atom stereocenters. The summed E-state index contributed by atoms with van der Waals surface area (Å²) in [5, 5.41) is 13.3. The lowest BCUT2D eigenvalue weighted by Crippen LogP contribution is -2.37. The molecule has 0 unspecified atom stereocenters. The summed E-state index contributed by atoms with van der Waals surface area (Å²) in [5.41, 5.74) is 0. The normalized spacial score (nSPS) is 9.50. The molecule has 6 nitrogen and oxygen atoms in total. The van der Waals surface area contributed by atoms with Gasteiger partial charge in [-0.2, -0.15) is 0 Å². The summed E-state index contributed by atoms with van der Waals surface area (Å²) in [5.74, 6) is -1.01. The third-order valence-corrected chi connectivity index (χ3v) is 1.29. The van der Waals surface area contributed by atoms with Gasteiger partial charge in [-0.3, -0.25) is 0 Å². The molecule has 0 aliphatic carbocycles. The van der Waals surface area contributed by atoms with Gasteiger partial charge in [-0.1, -0.05) is 6.92 Å². The Kier molecular flexibility index (Phi) is 7.53. The predicted octanol–water partition coefficient (Wildman–Crippen LogP) is -0.203. The van der Waals surface area contributed by atoms with Gasteiger partial charge in [-0.15, -0.1) is 0 Å². The van der Waals surface area contributed by atoms with Crippen molar-refractivity contribution in [2.24, 2.45) is 0 Å². The minimum absolute atomic E-state index is 0.200. The van der Waals surface area contributed by atoms with Crippen LogP contribution >= 0.6 is 0 Å². The van der Waals surface area contributed by atoms with Crippen LogP contribution in [-0.2, 0) is 9.53 Å². The summed E-state index contributed by atoms with van der Waals surface area (Å²) in [7, 11) is 0. The average molecular weight is 204 g/mol. The van der Waals surface area contributed by atoms with Crippen molar-refractivity contribution in [3.05, 3.63) is 0 Å². The van der Waals surface area contributed by atoms with E-state index in [1.54, 1.807) is 0 Å². The first-order valence-corrected chi connectivity index (χ1v) is 4.48. The Bertz CT molecular complexity index is 184. The van der Waals surface area contributed by atoms with Crippen LogP contribution in [0.4, 0.5) is 4.79 Å². The molecular formula is C8H16N2O4. The fourth-order valence-electron chi connectivity index (χ4n) is 0.697. The highest BCUT2D eigenvalue weighted by Gasteiger charge is 1.98. The van der Waals surface area contributed by atoms with E-state index in [2.05, 4.69) is 10.6 Å². The minimum Gasteiger partial charge on any atom is -0.480 e. The third kappa shape index (κ3) is 8.79. The second-order valence-electron chi connectivity index (χ2n) is 2.63. The summed E-state index contributed by atoms with van der Waals surface area (Å²) in [4.78, 5) is 20.9. The largest absolute Gasteiger partial charge is 0.480 e. The number of rotatable bonds is 7. The monoisotopic (exact) mass is 204 g/mol. The number of carbonyl (C=O) groups excluding carboxylic acids is 1. The van der Waals surface area contributed by atoms with Gasteiger partial charge in [-0.25, -0.2) is 9.59 Å². The first kappa shape index (κ1) is 12.7. The summed E-state index contributed by atoms with van der Waals surface area (Å²) in [6, 6.07) is -0.259. The number of urea groups is 1. The molecule has 0 aromatic rings. The Balaban J connectivity index is 3.19. The number of carboxylic acids is 1. The number of amides is 2. The molecule has 14 heavy (non-hydrogen) atoms. The van der Waals surface area contributed by atoms with Gasteiger partial charge in [0, 0.05) is 13.1 Å². The maximum Gasteiger partial charge on any atom is 0.329 e. The lowest BCUT2D eigenvalue weighted by Gasteiger charge is -2.05. The molecule has 3 N–H and O–H groups in total. The van der Waals surface area contributed by atoms with Gasteiger partial charge >= 0.3 is 12.0 Å². The number of hydrogen-bond acceptors (Lipinski definition) is 3. The van der Waals surface area contributed by atoms with E-state index in [-0.39, 0.29) is 19.2 Å². The van der Waals surface area contributed by atoms with Crippen molar-refractivity contribution >= 4 is 12.0 Å². The molecule has 6 heteroatoms. The van der Waals surface area contributed by atoms with Gasteiger partial charge in [0.2, 0.25) is 0 Å². The molecular weight excluding hydrogens is 188 g/mol. The number of carbonyl (C=O) groups is 2. The Morgan fingerprint density at radius 3 is 2.50 bits per heavy atom. The fourth-order valence-corrected chi connectivity index (χ4v) is 0.697. The molecule has 2 amide bonds. The number of ether oxygens (including phenoxy) is 1. The SMILES string of the molecule is CCCNC(=O)NCCOCC(=O)O. The second kappa shape index (κ2) is 8.31. The van der Waals surface area contributed by atoms with Gasteiger partial charge in [0.25, 0.3) is 0 Å². The van der Waals surface area contributed by atoms with Gasteiger partial charge in [-0.05, 0) is 6.42 Å². The molecule has 0 fully saturated rings. The van der Waals surface area contributed by atoms with Crippen LogP contribution in [0.2, 0.25) is 0 Å². The highest BCUT2D eigenvalue weighted by Crippen LogP contribution is 1.74. The summed E-state index contributed by atoms with van der Waals surface area (Å²) < 4.78 is 4.71. The van der Waals surface area contributed by atoms with E-state index in [1.165, 1.54) is 0 Å². The number of aliphatic carboxylic acids is 1. The van der Waals surface area contributed by atoms with Crippen LogP contribution < -0.4 is 10.6 Å². The van der Waals surface area contributed by atoms with Crippen molar-refractivity contribution in [1.82, 2.24) is 10.6 Å². The van der Waals surface area contributed by atoms with Crippen LogP contribution in [0, 0.1) is 0 Å². The molecule has 0 heterocycles. The molecule has 0 radical (unpaired) electrons. The van der Waals surface area contributed by atoms with Crippen molar-refractivity contribution in [2.45, 2.75) is 13.3 Å². The van der Waals surface area contributed by atoms with Crippen molar-refractivity contribution < 1.29 is 19.4 Å². The first-order valence-electron chi connectivity index (χ1n) is 4.48. The number of hydrogen-bond donors (Lipinski definition) is 3. The smallest absolute Gasteiger partial charge is 0.329 e. The second-order valence-corrected chi connectivity index (χ2v) is 2.63. The molecule has 0 bridgehead atoms. The first-order chi connectivity index (χ1) is 6.66. The maximum atomic E-state index is 10.9. The van der Waals surface area contributed by atoms with Gasteiger partial charge < -0.3 is 20.5 Å². The lowest BCUT2D eigenvalue weighted by atomic mass is 10.5. The lowest BCUT2D eigenvalue weighted by molar-refractivity contribution is -0.142. The molecule has 0 saturated heterocycles. The molecule has 0 rings (SSSR count). The van der Waals surface area contributed by atoms with E-state index in [4.69, 9.17) is 9.84 Å². The molecule has 0 aromatic carbocycles. The average Bonchev–Trinajstić information content (AvgIpc) is 2.13.